The maximum atomic E-state index is 10.9. The fourth-order valence-corrected chi connectivity index (χ4v) is 0.707. The van der Waals surface area contributed by atoms with Crippen LogP contribution in [0.15, 0.2) is 0 Å². The van der Waals surface area contributed by atoms with Crippen LogP contribution in [-0.4, -0.2) is 31.2 Å². The first kappa shape index (κ1) is 11.7. The molecule has 0 radical (unpaired) electrons. The molecule has 0 aromatic carbocycles. The summed E-state index contributed by atoms with van der Waals surface area (Å²) in [5, 5.41) is 2.52. The first-order chi connectivity index (χ1) is 6.02. The third-order valence-electron chi connectivity index (χ3n) is 1.18. The molecule has 0 rings (SSSR count). The van der Waals surface area contributed by atoms with Gasteiger partial charge in [-0.05, 0) is 6.92 Å². The number of amides is 2. The highest BCUT2D eigenvalue weighted by Gasteiger charge is 2.03. The van der Waals surface area contributed by atoms with Crippen molar-refractivity contribution in [1.29, 1.82) is 0 Å². The van der Waals surface area contributed by atoms with Crippen LogP contribution in [0.4, 0.5) is 4.79 Å². The summed E-state index contributed by atoms with van der Waals surface area (Å²) in [6, 6.07) is -0.169. The van der Waals surface area contributed by atoms with Gasteiger partial charge in [0.25, 0.3) is 0 Å². The molecule has 0 aromatic heterocycles. The summed E-state index contributed by atoms with van der Waals surface area (Å²) in [6.45, 7) is 2.08. The molecule has 6 nitrogen and oxygen atoms in total. The van der Waals surface area contributed by atoms with E-state index in [9.17, 15) is 9.59 Å². The van der Waals surface area contributed by atoms with E-state index in [1.165, 1.54) is 0 Å². The van der Waals surface area contributed by atoms with Crippen molar-refractivity contribution in [3.8, 4) is 0 Å². The first-order valence-electron chi connectivity index (χ1n) is 3.97. The van der Waals surface area contributed by atoms with Crippen LogP contribution in [-0.2, 0) is 9.53 Å². The quantitative estimate of drug-likeness (QED) is 0.479. The molecule has 0 bridgehead atoms. The van der Waals surface area contributed by atoms with E-state index < -0.39 is 6.09 Å². The Morgan fingerprint density at radius 3 is 2.62 bits per heavy atom. The zero-order valence-electron chi connectivity index (χ0n) is 7.58. The summed E-state index contributed by atoms with van der Waals surface area (Å²) in [5.41, 5.74) is 10.1. The molecule has 1 unspecified atom stereocenters. The molecule has 13 heavy (non-hydrogen) atoms. The topological polar surface area (TPSA) is 107 Å². The van der Waals surface area contributed by atoms with Crippen molar-refractivity contribution in [2.24, 2.45) is 11.5 Å². The smallest absolute Gasteiger partial charge is 0.404 e. The summed E-state index contributed by atoms with van der Waals surface area (Å²) in [7, 11) is 0. The zero-order valence-corrected chi connectivity index (χ0v) is 7.58. The minimum Gasteiger partial charge on any atom is -0.448 e. The van der Waals surface area contributed by atoms with Gasteiger partial charge in [0, 0.05) is 12.5 Å². The Hall–Kier alpha value is -1.30. The maximum Gasteiger partial charge on any atom is 0.404 e. The van der Waals surface area contributed by atoms with E-state index in [-0.39, 0.29) is 31.5 Å². The molecule has 2 amide bonds. The van der Waals surface area contributed by atoms with E-state index in [0.29, 0.717) is 0 Å². The Bertz CT molecular complexity index is 182. The molecule has 1 atom stereocenters. The van der Waals surface area contributed by atoms with E-state index in [4.69, 9.17) is 11.5 Å². The van der Waals surface area contributed by atoms with Gasteiger partial charge in [-0.2, -0.15) is 0 Å². The second-order valence-corrected chi connectivity index (χ2v) is 2.70. The predicted octanol–water partition coefficient (Wildman–Crippen LogP) is -1.06. The van der Waals surface area contributed by atoms with Crippen molar-refractivity contribution >= 4 is 12.0 Å². The van der Waals surface area contributed by atoms with Crippen molar-refractivity contribution in [3.05, 3.63) is 0 Å². The van der Waals surface area contributed by atoms with E-state index in [1.807, 2.05) is 0 Å². The minimum atomic E-state index is -0.846. The SMILES string of the molecule is CC(N)CC(=O)NCCOC(N)=O. The molecule has 5 N–H and O–H groups in total. The number of nitrogens with two attached hydrogens (primary N) is 2. The molecular weight excluding hydrogens is 174 g/mol. The molecular formula is C7H15N3O3. The van der Waals surface area contributed by atoms with Crippen molar-refractivity contribution in [2.45, 2.75) is 19.4 Å². The van der Waals surface area contributed by atoms with Gasteiger partial charge in [0.2, 0.25) is 5.91 Å². The van der Waals surface area contributed by atoms with Gasteiger partial charge in [-0.1, -0.05) is 0 Å². The molecule has 0 aliphatic carbocycles. The second-order valence-electron chi connectivity index (χ2n) is 2.70. The van der Waals surface area contributed by atoms with Gasteiger partial charge in [0.05, 0.1) is 6.54 Å². The number of carbonyl (C=O) groups excluding carboxylic acids is 2. The van der Waals surface area contributed by atoms with E-state index in [0.717, 1.165) is 0 Å². The van der Waals surface area contributed by atoms with Gasteiger partial charge in [-0.15, -0.1) is 0 Å². The van der Waals surface area contributed by atoms with Gasteiger partial charge in [-0.3, -0.25) is 4.79 Å². The standard InChI is InChI=1S/C7H15N3O3/c1-5(8)4-6(11)10-2-3-13-7(9)12/h5H,2-4,8H2,1H3,(H2,9,12)(H,10,11). The Labute approximate surface area is 76.6 Å². The van der Waals surface area contributed by atoms with Crippen LogP contribution in [0.5, 0.6) is 0 Å². The van der Waals surface area contributed by atoms with Crippen LogP contribution in [0.3, 0.4) is 0 Å². The minimum absolute atomic E-state index is 0.0834. The lowest BCUT2D eigenvalue weighted by atomic mass is 10.2. The van der Waals surface area contributed by atoms with Gasteiger partial charge in [-0.25, -0.2) is 4.79 Å². The van der Waals surface area contributed by atoms with E-state index in [1.54, 1.807) is 6.92 Å². The maximum absolute atomic E-state index is 10.9. The van der Waals surface area contributed by atoms with E-state index >= 15 is 0 Å². The summed E-state index contributed by atoms with van der Waals surface area (Å²) in [6.07, 6.45) is -0.585. The molecule has 0 aliphatic heterocycles. The third-order valence-corrected chi connectivity index (χ3v) is 1.18. The Balaban J connectivity index is 3.32. The van der Waals surface area contributed by atoms with Crippen LogP contribution >= 0.6 is 0 Å². The second kappa shape index (κ2) is 6.24. The summed E-state index contributed by atoms with van der Waals surface area (Å²) in [4.78, 5) is 21.0. The number of nitrogens with one attached hydrogen (secondary N) is 1. The van der Waals surface area contributed by atoms with Crippen molar-refractivity contribution in [2.75, 3.05) is 13.2 Å². The first-order valence-corrected chi connectivity index (χ1v) is 3.97. The van der Waals surface area contributed by atoms with Crippen LogP contribution < -0.4 is 16.8 Å². The lowest BCUT2D eigenvalue weighted by Crippen LogP contribution is -2.32. The van der Waals surface area contributed by atoms with Crippen molar-refractivity contribution in [1.82, 2.24) is 5.32 Å². The largest absolute Gasteiger partial charge is 0.448 e. The highest BCUT2D eigenvalue weighted by molar-refractivity contribution is 5.76. The lowest BCUT2D eigenvalue weighted by Gasteiger charge is -2.06. The summed E-state index contributed by atoms with van der Waals surface area (Å²) >= 11 is 0. The van der Waals surface area contributed by atoms with Crippen LogP contribution in [0, 0.1) is 0 Å². The molecule has 0 aliphatic rings. The Kier molecular flexibility index (Phi) is 5.62. The van der Waals surface area contributed by atoms with Crippen molar-refractivity contribution in [3.63, 3.8) is 0 Å². The van der Waals surface area contributed by atoms with Gasteiger partial charge < -0.3 is 21.5 Å². The number of ether oxygens (including phenoxy) is 1. The molecule has 0 saturated heterocycles. The number of hydrogen-bond donors (Lipinski definition) is 3. The van der Waals surface area contributed by atoms with Gasteiger partial charge in [0.1, 0.15) is 6.61 Å². The zero-order chi connectivity index (χ0) is 10.3. The molecule has 0 fully saturated rings. The average molecular weight is 189 g/mol. The predicted molar refractivity (Wildman–Crippen MR) is 46.8 cm³/mol. The molecule has 76 valence electrons. The number of rotatable bonds is 5. The average Bonchev–Trinajstić information content (AvgIpc) is 1.96. The van der Waals surface area contributed by atoms with Crippen molar-refractivity contribution < 1.29 is 14.3 Å². The number of hydrogen-bond acceptors (Lipinski definition) is 4. The van der Waals surface area contributed by atoms with Crippen LogP contribution in [0.1, 0.15) is 13.3 Å². The summed E-state index contributed by atoms with van der Waals surface area (Å²) in [5.74, 6) is -0.164. The van der Waals surface area contributed by atoms with Gasteiger partial charge in [0.15, 0.2) is 0 Å². The Morgan fingerprint density at radius 2 is 2.15 bits per heavy atom. The fraction of sp³-hybridized carbons (Fsp3) is 0.714. The lowest BCUT2D eigenvalue weighted by molar-refractivity contribution is -0.121. The highest BCUT2D eigenvalue weighted by atomic mass is 16.5. The molecule has 6 heteroatoms. The summed E-state index contributed by atoms with van der Waals surface area (Å²) < 4.78 is 4.39. The number of carbonyl (C=O) groups is 2. The molecule has 0 saturated carbocycles. The van der Waals surface area contributed by atoms with Crippen LogP contribution in [0.2, 0.25) is 0 Å². The van der Waals surface area contributed by atoms with Crippen LogP contribution in [0.25, 0.3) is 0 Å². The highest BCUT2D eigenvalue weighted by Crippen LogP contribution is 1.84. The molecule has 0 spiro atoms. The van der Waals surface area contributed by atoms with E-state index in [2.05, 4.69) is 10.1 Å². The Morgan fingerprint density at radius 1 is 1.54 bits per heavy atom. The third kappa shape index (κ3) is 8.61. The monoisotopic (exact) mass is 189 g/mol. The normalized spacial score (nSPS) is 11.8. The fourth-order valence-electron chi connectivity index (χ4n) is 0.707. The van der Waals surface area contributed by atoms with Gasteiger partial charge >= 0.3 is 6.09 Å². The number of primary amides is 1. The molecule has 0 heterocycles. The molecule has 0 aromatic rings.